The lowest BCUT2D eigenvalue weighted by Gasteiger charge is -2.00. The number of hydrogen-bond donors (Lipinski definition) is 1. The lowest BCUT2D eigenvalue weighted by atomic mass is 10.0. The number of rotatable bonds is 2. The van der Waals surface area contributed by atoms with E-state index in [0.29, 0.717) is 6.42 Å². The maximum atomic E-state index is 10.8. The van der Waals surface area contributed by atoms with Crippen LogP contribution in [0, 0.1) is 0 Å². The molecule has 0 spiro atoms. The molecule has 2 rings (SSSR count). The molecular weight excluding hydrogens is 168 g/mol. The number of aryl methyl sites for hydroxylation is 2. The van der Waals surface area contributed by atoms with E-state index in [1.165, 1.54) is 0 Å². The first-order valence-electron chi connectivity index (χ1n) is 4.56. The molecule has 1 aliphatic carbocycles. The van der Waals surface area contributed by atoms with E-state index in [1.54, 1.807) is 0 Å². The van der Waals surface area contributed by atoms with Gasteiger partial charge in [0.1, 0.15) is 11.5 Å². The molecule has 70 valence electrons. The molecule has 1 unspecified atom stereocenters. The fourth-order valence-electron chi connectivity index (χ4n) is 1.85. The second-order valence-corrected chi connectivity index (χ2v) is 3.37. The van der Waals surface area contributed by atoms with Gasteiger partial charge in [0, 0.05) is 18.4 Å². The van der Waals surface area contributed by atoms with Gasteiger partial charge in [-0.15, -0.1) is 0 Å². The zero-order valence-corrected chi connectivity index (χ0v) is 7.54. The molecule has 0 aromatic carbocycles. The van der Waals surface area contributed by atoms with Crippen LogP contribution in [0.25, 0.3) is 0 Å². The zero-order chi connectivity index (χ0) is 9.42. The highest BCUT2D eigenvalue weighted by molar-refractivity contribution is 5.77. The van der Waals surface area contributed by atoms with Crippen LogP contribution >= 0.6 is 0 Å². The Labute approximate surface area is 76.4 Å². The minimum atomic E-state index is -0.734. The molecular formula is C10H12O3. The van der Waals surface area contributed by atoms with Gasteiger partial charge in [0.2, 0.25) is 0 Å². The molecule has 1 aromatic rings. The van der Waals surface area contributed by atoms with Gasteiger partial charge in [-0.2, -0.15) is 0 Å². The highest BCUT2D eigenvalue weighted by Gasteiger charge is 2.31. The fraction of sp³-hybridized carbons (Fsp3) is 0.500. The van der Waals surface area contributed by atoms with Crippen LogP contribution in [0.4, 0.5) is 0 Å². The van der Waals surface area contributed by atoms with Crippen LogP contribution in [-0.4, -0.2) is 11.1 Å². The average molecular weight is 180 g/mol. The van der Waals surface area contributed by atoms with Gasteiger partial charge < -0.3 is 9.52 Å². The Bertz CT molecular complexity index is 338. The normalized spacial score (nSPS) is 20.2. The summed E-state index contributed by atoms with van der Waals surface area (Å²) >= 11 is 0. The Hall–Kier alpha value is -1.25. The lowest BCUT2D eigenvalue weighted by molar-refractivity contribution is -0.138. The number of fused-ring (bicyclic) bond motifs is 1. The Morgan fingerprint density at radius 2 is 2.54 bits per heavy atom. The lowest BCUT2D eigenvalue weighted by Crippen LogP contribution is -2.07. The van der Waals surface area contributed by atoms with Gasteiger partial charge in [0.15, 0.2) is 0 Å². The van der Waals surface area contributed by atoms with Crippen LogP contribution in [0.5, 0.6) is 0 Å². The van der Waals surface area contributed by atoms with Crippen molar-refractivity contribution in [3.05, 3.63) is 23.2 Å². The third kappa shape index (κ3) is 1.24. The quantitative estimate of drug-likeness (QED) is 0.756. The largest absolute Gasteiger partial charge is 0.481 e. The molecule has 0 bridgehead atoms. The van der Waals surface area contributed by atoms with Crippen LogP contribution in [0.1, 0.15) is 36.3 Å². The van der Waals surface area contributed by atoms with Crippen molar-refractivity contribution in [2.45, 2.75) is 32.1 Å². The van der Waals surface area contributed by atoms with Crippen molar-refractivity contribution in [2.24, 2.45) is 0 Å². The maximum Gasteiger partial charge on any atom is 0.311 e. The number of carbonyl (C=O) groups is 1. The molecule has 1 aromatic heterocycles. The summed E-state index contributed by atoms with van der Waals surface area (Å²) in [5, 5.41) is 8.90. The third-order valence-electron chi connectivity index (χ3n) is 2.57. The smallest absolute Gasteiger partial charge is 0.311 e. The number of aliphatic carboxylic acids is 1. The molecule has 0 radical (unpaired) electrons. The summed E-state index contributed by atoms with van der Waals surface area (Å²) in [7, 11) is 0. The van der Waals surface area contributed by atoms with Crippen molar-refractivity contribution in [3.63, 3.8) is 0 Å². The molecule has 13 heavy (non-hydrogen) atoms. The highest BCUT2D eigenvalue weighted by atomic mass is 16.4. The van der Waals surface area contributed by atoms with Crippen molar-refractivity contribution in [3.8, 4) is 0 Å². The van der Waals surface area contributed by atoms with Crippen molar-refractivity contribution in [1.29, 1.82) is 0 Å². The van der Waals surface area contributed by atoms with Crippen molar-refractivity contribution in [1.82, 2.24) is 0 Å². The Kier molecular flexibility index (Phi) is 1.87. The van der Waals surface area contributed by atoms with Gasteiger partial charge >= 0.3 is 5.97 Å². The van der Waals surface area contributed by atoms with Gasteiger partial charge in [-0.05, 0) is 12.5 Å². The van der Waals surface area contributed by atoms with Gasteiger partial charge in [-0.1, -0.05) is 6.92 Å². The fourth-order valence-corrected chi connectivity index (χ4v) is 1.85. The molecule has 0 fully saturated rings. The van der Waals surface area contributed by atoms with E-state index in [4.69, 9.17) is 9.52 Å². The Balaban J connectivity index is 2.35. The van der Waals surface area contributed by atoms with Gasteiger partial charge in [-0.25, -0.2) is 0 Å². The molecule has 1 N–H and O–H groups in total. The predicted octanol–water partition coefficient (Wildman–Crippen LogP) is 1.96. The standard InChI is InChI=1S/C10H12O3/c1-2-6-5-8-7(10(11)12)3-4-9(8)13-6/h5,7H,2-4H2,1H3,(H,11,12). The van der Waals surface area contributed by atoms with Crippen molar-refractivity contribution in [2.75, 3.05) is 0 Å². The molecule has 0 saturated carbocycles. The second kappa shape index (κ2) is 2.91. The SMILES string of the molecule is CCc1cc2c(o1)CCC2C(=O)O. The molecule has 3 nitrogen and oxygen atoms in total. The molecule has 3 heteroatoms. The minimum Gasteiger partial charge on any atom is -0.481 e. The van der Waals surface area contributed by atoms with Crippen molar-refractivity contribution >= 4 is 5.97 Å². The Morgan fingerprint density at radius 3 is 3.15 bits per heavy atom. The predicted molar refractivity (Wildman–Crippen MR) is 46.8 cm³/mol. The van der Waals surface area contributed by atoms with E-state index >= 15 is 0 Å². The van der Waals surface area contributed by atoms with Crippen LogP contribution in [0.2, 0.25) is 0 Å². The van der Waals surface area contributed by atoms with E-state index < -0.39 is 5.97 Å². The van der Waals surface area contributed by atoms with Crippen LogP contribution in [0.3, 0.4) is 0 Å². The number of carboxylic acid groups (broad SMARTS) is 1. The Morgan fingerprint density at radius 1 is 1.77 bits per heavy atom. The summed E-state index contributed by atoms with van der Waals surface area (Å²) < 4.78 is 5.49. The van der Waals surface area contributed by atoms with E-state index in [0.717, 1.165) is 29.9 Å². The molecule has 0 amide bonds. The molecule has 1 heterocycles. The van der Waals surface area contributed by atoms with Gasteiger partial charge in [0.25, 0.3) is 0 Å². The minimum absolute atomic E-state index is 0.334. The topological polar surface area (TPSA) is 50.4 Å². The monoisotopic (exact) mass is 180 g/mol. The van der Waals surface area contributed by atoms with E-state index in [1.807, 2.05) is 13.0 Å². The van der Waals surface area contributed by atoms with Crippen molar-refractivity contribution < 1.29 is 14.3 Å². The van der Waals surface area contributed by atoms with Crippen LogP contribution in [0.15, 0.2) is 10.5 Å². The summed E-state index contributed by atoms with van der Waals surface area (Å²) in [6.07, 6.45) is 2.29. The summed E-state index contributed by atoms with van der Waals surface area (Å²) in [6, 6.07) is 1.89. The van der Waals surface area contributed by atoms with Crippen LogP contribution in [-0.2, 0) is 17.6 Å². The maximum absolute atomic E-state index is 10.8. The number of carboxylic acids is 1. The summed E-state index contributed by atoms with van der Waals surface area (Å²) in [5.74, 6) is 0.710. The van der Waals surface area contributed by atoms with Gasteiger partial charge in [0.05, 0.1) is 5.92 Å². The third-order valence-corrected chi connectivity index (χ3v) is 2.57. The summed E-state index contributed by atoms with van der Waals surface area (Å²) in [4.78, 5) is 10.8. The first-order chi connectivity index (χ1) is 6.22. The molecule has 1 aliphatic rings. The first kappa shape index (κ1) is 8.35. The summed E-state index contributed by atoms with van der Waals surface area (Å²) in [6.45, 7) is 2.00. The first-order valence-corrected chi connectivity index (χ1v) is 4.56. The van der Waals surface area contributed by atoms with Gasteiger partial charge in [-0.3, -0.25) is 4.79 Å². The summed E-state index contributed by atoms with van der Waals surface area (Å²) in [5.41, 5.74) is 0.893. The molecule has 1 atom stereocenters. The van der Waals surface area contributed by atoms with E-state index in [-0.39, 0.29) is 5.92 Å². The molecule has 0 aliphatic heterocycles. The number of furan rings is 1. The number of hydrogen-bond acceptors (Lipinski definition) is 2. The van der Waals surface area contributed by atoms with E-state index in [2.05, 4.69) is 0 Å². The highest BCUT2D eigenvalue weighted by Crippen LogP contribution is 2.35. The zero-order valence-electron chi connectivity index (χ0n) is 7.54. The average Bonchev–Trinajstić information content (AvgIpc) is 2.59. The van der Waals surface area contributed by atoms with E-state index in [9.17, 15) is 4.79 Å². The van der Waals surface area contributed by atoms with Crippen LogP contribution < -0.4 is 0 Å². The second-order valence-electron chi connectivity index (χ2n) is 3.37. The molecule has 0 saturated heterocycles.